The maximum Gasteiger partial charge on any atom is 0.145 e. The fourth-order valence-electron chi connectivity index (χ4n) is 4.95. The van der Waals surface area contributed by atoms with Gasteiger partial charge in [-0.2, -0.15) is 0 Å². The molecule has 5 rings (SSSR count). The lowest BCUT2D eigenvalue weighted by Crippen LogP contribution is -2.38. The Hall–Kier alpha value is -2.82. The number of benzene rings is 1. The van der Waals surface area contributed by atoms with Crippen LogP contribution >= 0.6 is 15.9 Å². The van der Waals surface area contributed by atoms with E-state index >= 15 is 0 Å². The van der Waals surface area contributed by atoms with E-state index in [1.165, 1.54) is 6.33 Å². The second kappa shape index (κ2) is 8.19. The molecule has 0 saturated heterocycles. The van der Waals surface area contributed by atoms with E-state index in [0.29, 0.717) is 35.5 Å². The number of fused-ring (bicyclic) bond motifs is 2. The number of pyridine rings is 1. The molecular formula is C23H24BrFN6O2. The van der Waals surface area contributed by atoms with Crippen LogP contribution in [0.2, 0.25) is 0 Å². The minimum absolute atomic E-state index is 0.269. The molecule has 3 aromatic heterocycles. The van der Waals surface area contributed by atoms with Crippen molar-refractivity contribution in [2.75, 3.05) is 18.1 Å². The average Bonchev–Trinajstić information content (AvgIpc) is 3.34. The molecule has 0 bridgehead atoms. The van der Waals surface area contributed by atoms with E-state index in [1.54, 1.807) is 16.8 Å². The van der Waals surface area contributed by atoms with Gasteiger partial charge in [0.1, 0.15) is 29.7 Å². The third-order valence-corrected chi connectivity index (χ3v) is 7.53. The van der Waals surface area contributed by atoms with Crippen molar-refractivity contribution in [3.05, 3.63) is 52.9 Å². The fraction of sp³-hybridized carbons (Fsp3) is 0.348. The van der Waals surface area contributed by atoms with Crippen molar-refractivity contribution in [2.45, 2.75) is 37.5 Å². The Labute approximate surface area is 197 Å². The van der Waals surface area contributed by atoms with Gasteiger partial charge in [0.15, 0.2) is 0 Å². The largest absolute Gasteiger partial charge is 0.390 e. The lowest BCUT2D eigenvalue weighted by molar-refractivity contribution is -0.0395. The number of aliphatic hydroxyl groups is 2. The van der Waals surface area contributed by atoms with Crippen LogP contribution < -0.4 is 11.5 Å². The van der Waals surface area contributed by atoms with Crippen LogP contribution in [0.4, 0.5) is 16.0 Å². The van der Waals surface area contributed by atoms with Crippen molar-refractivity contribution in [2.24, 2.45) is 5.41 Å². The molecule has 0 radical (unpaired) electrons. The standard InChI is InChI=1S/C23H24BrFN6O2/c24-15-8-13-2-1-12(7-16(13)30-21(15)27)3-5-23(10-25)9-17(18(32)19(23)33)31-6-4-14-20(26)28-11-29-22(14)31/h1-2,4,6-8,11,17-19,32-33H,3,5,9-10H2,(H2,27,30)(H2,26,28,29)/t17-,18+,19+,23+/m1/s1. The van der Waals surface area contributed by atoms with Gasteiger partial charge in [0.2, 0.25) is 0 Å². The third-order valence-electron chi connectivity index (χ3n) is 6.90. The molecule has 0 unspecified atom stereocenters. The Morgan fingerprint density at radius 3 is 2.76 bits per heavy atom. The van der Waals surface area contributed by atoms with Gasteiger partial charge in [-0.1, -0.05) is 12.1 Å². The van der Waals surface area contributed by atoms with E-state index in [1.807, 2.05) is 24.3 Å². The smallest absolute Gasteiger partial charge is 0.145 e. The Kier molecular flexibility index (Phi) is 5.46. The number of aliphatic hydroxyl groups excluding tert-OH is 2. The van der Waals surface area contributed by atoms with Gasteiger partial charge in [0, 0.05) is 17.0 Å². The molecule has 172 valence electrons. The number of hydrogen-bond acceptors (Lipinski definition) is 7. The van der Waals surface area contributed by atoms with E-state index in [4.69, 9.17) is 11.5 Å². The quantitative estimate of drug-likeness (QED) is 0.321. The number of nitrogen functional groups attached to an aromatic ring is 2. The van der Waals surface area contributed by atoms with E-state index in [9.17, 15) is 14.6 Å². The highest BCUT2D eigenvalue weighted by atomic mass is 79.9. The summed E-state index contributed by atoms with van der Waals surface area (Å²) >= 11 is 3.38. The molecule has 1 saturated carbocycles. The van der Waals surface area contributed by atoms with Crippen LogP contribution in [0, 0.1) is 5.41 Å². The zero-order valence-corrected chi connectivity index (χ0v) is 19.3. The number of rotatable bonds is 5. The van der Waals surface area contributed by atoms with Crippen molar-refractivity contribution in [3.63, 3.8) is 0 Å². The van der Waals surface area contributed by atoms with Gasteiger partial charge in [-0.15, -0.1) is 0 Å². The second-order valence-electron chi connectivity index (χ2n) is 8.80. The fourth-order valence-corrected chi connectivity index (χ4v) is 5.29. The monoisotopic (exact) mass is 514 g/mol. The molecule has 1 aliphatic carbocycles. The van der Waals surface area contributed by atoms with Crippen molar-refractivity contribution in [1.29, 1.82) is 0 Å². The number of alkyl halides is 1. The Morgan fingerprint density at radius 2 is 1.97 bits per heavy atom. The summed E-state index contributed by atoms with van der Waals surface area (Å²) in [4.78, 5) is 12.7. The van der Waals surface area contributed by atoms with E-state index in [2.05, 4.69) is 30.9 Å². The third kappa shape index (κ3) is 3.62. The van der Waals surface area contributed by atoms with Gasteiger partial charge in [-0.05, 0) is 59.0 Å². The molecule has 8 nitrogen and oxygen atoms in total. The number of nitrogens with zero attached hydrogens (tertiary/aromatic N) is 4. The summed E-state index contributed by atoms with van der Waals surface area (Å²) < 4.78 is 17.0. The predicted molar refractivity (Wildman–Crippen MR) is 128 cm³/mol. The van der Waals surface area contributed by atoms with Crippen LogP contribution in [0.3, 0.4) is 0 Å². The molecule has 0 aliphatic heterocycles. The van der Waals surface area contributed by atoms with Gasteiger partial charge < -0.3 is 26.2 Å². The van der Waals surface area contributed by atoms with Gasteiger partial charge in [-0.25, -0.2) is 15.0 Å². The molecule has 6 N–H and O–H groups in total. The molecule has 1 aromatic carbocycles. The van der Waals surface area contributed by atoms with Crippen LogP contribution in [0.25, 0.3) is 21.9 Å². The predicted octanol–water partition coefficient (Wildman–Crippen LogP) is 3.16. The first-order chi connectivity index (χ1) is 15.8. The minimum atomic E-state index is -1.21. The molecule has 3 heterocycles. The Balaban J connectivity index is 1.41. The van der Waals surface area contributed by atoms with Crippen molar-refractivity contribution >= 4 is 49.5 Å². The molecule has 33 heavy (non-hydrogen) atoms. The molecule has 0 amide bonds. The summed E-state index contributed by atoms with van der Waals surface area (Å²) in [6, 6.07) is 8.99. The maximum atomic E-state index is 14.5. The number of anilines is 2. The van der Waals surface area contributed by atoms with Crippen LogP contribution in [0.15, 0.2) is 47.3 Å². The van der Waals surface area contributed by atoms with Gasteiger partial charge in [-0.3, -0.25) is 4.39 Å². The van der Waals surface area contributed by atoms with Crippen molar-refractivity contribution < 1.29 is 14.6 Å². The summed E-state index contributed by atoms with van der Waals surface area (Å²) in [6.07, 6.45) is 1.92. The van der Waals surface area contributed by atoms with Crippen LogP contribution in [-0.2, 0) is 6.42 Å². The maximum absolute atomic E-state index is 14.5. The molecule has 0 spiro atoms. The highest BCUT2D eigenvalue weighted by molar-refractivity contribution is 9.10. The molecule has 10 heteroatoms. The number of aromatic nitrogens is 4. The average molecular weight is 515 g/mol. The Bertz CT molecular complexity index is 1350. The van der Waals surface area contributed by atoms with Crippen LogP contribution in [-0.4, -0.2) is 48.6 Å². The summed E-state index contributed by atoms with van der Waals surface area (Å²) in [7, 11) is 0. The molecule has 1 aliphatic rings. The van der Waals surface area contributed by atoms with Crippen LogP contribution in [0.5, 0.6) is 0 Å². The summed E-state index contributed by atoms with van der Waals surface area (Å²) in [5.74, 6) is 0.738. The highest BCUT2D eigenvalue weighted by Gasteiger charge is 2.53. The van der Waals surface area contributed by atoms with Gasteiger partial charge in [0.25, 0.3) is 0 Å². The second-order valence-corrected chi connectivity index (χ2v) is 9.66. The first-order valence-corrected chi connectivity index (χ1v) is 11.5. The van der Waals surface area contributed by atoms with Gasteiger partial charge in [0.05, 0.1) is 34.2 Å². The number of hydrogen-bond donors (Lipinski definition) is 4. The molecule has 4 aromatic rings. The lowest BCUT2D eigenvalue weighted by atomic mass is 9.79. The zero-order chi connectivity index (χ0) is 23.3. The minimum Gasteiger partial charge on any atom is -0.390 e. The molecule has 1 fully saturated rings. The SMILES string of the molecule is Nc1nc2cc(CC[C@@]3(CF)C[C@@H](n4ccc5c(N)ncnc54)[C@H](O)[C@@H]3O)ccc2cc1Br. The first kappa shape index (κ1) is 22.0. The van der Waals surface area contributed by atoms with Crippen LogP contribution in [0.1, 0.15) is 24.4 Å². The van der Waals surface area contributed by atoms with Crippen molar-refractivity contribution in [1.82, 2.24) is 19.5 Å². The van der Waals surface area contributed by atoms with E-state index < -0.39 is 30.3 Å². The highest BCUT2D eigenvalue weighted by Crippen LogP contribution is 2.48. The number of aryl methyl sites for hydroxylation is 1. The summed E-state index contributed by atoms with van der Waals surface area (Å²) in [5, 5.41) is 23.4. The zero-order valence-electron chi connectivity index (χ0n) is 17.7. The molecule has 4 atom stereocenters. The first-order valence-electron chi connectivity index (χ1n) is 10.7. The van der Waals surface area contributed by atoms with E-state index in [-0.39, 0.29) is 6.42 Å². The summed E-state index contributed by atoms with van der Waals surface area (Å²) in [5.41, 5.74) is 13.0. The normalized spacial score (nSPS) is 25.3. The van der Waals surface area contributed by atoms with Crippen molar-refractivity contribution in [3.8, 4) is 0 Å². The van der Waals surface area contributed by atoms with Gasteiger partial charge >= 0.3 is 0 Å². The number of halogens is 2. The lowest BCUT2D eigenvalue weighted by Gasteiger charge is -2.30. The Morgan fingerprint density at radius 1 is 1.15 bits per heavy atom. The number of nitrogens with two attached hydrogens (primary N) is 2. The molecular weight excluding hydrogens is 491 g/mol. The van der Waals surface area contributed by atoms with E-state index in [0.717, 1.165) is 20.9 Å². The topological polar surface area (TPSA) is 136 Å². The summed E-state index contributed by atoms with van der Waals surface area (Å²) in [6.45, 7) is -0.746.